The molecule has 0 amide bonds. The number of fused-ring (bicyclic) bond motifs is 9. The summed E-state index contributed by atoms with van der Waals surface area (Å²) in [5.41, 5.74) is 17.0. The van der Waals surface area contributed by atoms with E-state index in [1.54, 1.807) is 0 Å². The number of furan rings is 1. The van der Waals surface area contributed by atoms with Gasteiger partial charge in [-0.15, -0.1) is 0 Å². The van der Waals surface area contributed by atoms with Gasteiger partial charge in [-0.2, -0.15) is 0 Å². The SMILES string of the molecule is CC1(C)c2ccc(-c3ccc4oc5ccc(-c6c7ccccc7c(-c7ccc(-c8ccccc8)cc7)c7ccccc67)cc5c4c3)cc2-c2cc3ccccc3cc21. The van der Waals surface area contributed by atoms with E-state index in [-0.39, 0.29) is 5.41 Å². The van der Waals surface area contributed by atoms with Crippen LogP contribution in [0.2, 0.25) is 0 Å². The molecule has 1 heterocycles. The molecule has 12 rings (SSSR count). The first-order valence-corrected chi connectivity index (χ1v) is 20.2. The normalized spacial score (nSPS) is 13.1. The highest BCUT2D eigenvalue weighted by molar-refractivity contribution is 6.22. The fraction of sp³-hybridized carbons (Fsp3) is 0.0526. The first-order valence-electron chi connectivity index (χ1n) is 20.2. The second-order valence-corrected chi connectivity index (χ2v) is 16.4. The van der Waals surface area contributed by atoms with E-state index >= 15 is 0 Å². The van der Waals surface area contributed by atoms with Crippen molar-refractivity contribution in [3.05, 3.63) is 205 Å². The van der Waals surface area contributed by atoms with Gasteiger partial charge in [0.25, 0.3) is 0 Å². The molecule has 11 aromatic rings. The lowest BCUT2D eigenvalue weighted by Crippen LogP contribution is -2.14. The zero-order valence-corrected chi connectivity index (χ0v) is 32.4. The van der Waals surface area contributed by atoms with Gasteiger partial charge < -0.3 is 4.42 Å². The van der Waals surface area contributed by atoms with Crippen LogP contribution in [-0.4, -0.2) is 0 Å². The highest BCUT2D eigenvalue weighted by atomic mass is 16.3. The van der Waals surface area contributed by atoms with Gasteiger partial charge in [0.2, 0.25) is 0 Å². The van der Waals surface area contributed by atoms with Crippen LogP contribution in [0, 0.1) is 0 Å². The summed E-state index contributed by atoms with van der Waals surface area (Å²) < 4.78 is 6.52. The molecule has 0 bridgehead atoms. The van der Waals surface area contributed by atoms with Crippen molar-refractivity contribution < 1.29 is 4.42 Å². The Hall–Kier alpha value is -7.22. The van der Waals surface area contributed by atoms with Crippen LogP contribution in [0.3, 0.4) is 0 Å². The van der Waals surface area contributed by atoms with Crippen molar-refractivity contribution in [2.24, 2.45) is 0 Å². The average Bonchev–Trinajstić information content (AvgIpc) is 3.75. The molecule has 272 valence electrons. The Bertz CT molecular complexity index is 3400. The Balaban J connectivity index is 1.00. The lowest BCUT2D eigenvalue weighted by Gasteiger charge is -2.22. The van der Waals surface area contributed by atoms with Gasteiger partial charge in [0.05, 0.1) is 0 Å². The maximum Gasteiger partial charge on any atom is 0.135 e. The van der Waals surface area contributed by atoms with E-state index in [1.807, 2.05) is 0 Å². The molecular formula is C57H38O. The van der Waals surface area contributed by atoms with Crippen molar-refractivity contribution in [3.8, 4) is 55.6 Å². The molecule has 58 heavy (non-hydrogen) atoms. The van der Waals surface area contributed by atoms with Gasteiger partial charge in [0, 0.05) is 16.2 Å². The Morgan fingerprint density at radius 1 is 0.310 bits per heavy atom. The van der Waals surface area contributed by atoms with Crippen molar-refractivity contribution in [3.63, 3.8) is 0 Å². The van der Waals surface area contributed by atoms with Crippen molar-refractivity contribution in [2.45, 2.75) is 19.3 Å². The van der Waals surface area contributed by atoms with E-state index < -0.39 is 0 Å². The van der Waals surface area contributed by atoms with E-state index in [0.717, 1.165) is 21.9 Å². The van der Waals surface area contributed by atoms with Crippen LogP contribution in [-0.2, 0) is 5.41 Å². The second-order valence-electron chi connectivity index (χ2n) is 16.4. The molecule has 1 aliphatic carbocycles. The summed E-state index contributed by atoms with van der Waals surface area (Å²) in [6.45, 7) is 4.72. The van der Waals surface area contributed by atoms with E-state index in [0.29, 0.717) is 0 Å². The van der Waals surface area contributed by atoms with Crippen molar-refractivity contribution >= 4 is 54.3 Å². The van der Waals surface area contributed by atoms with Crippen molar-refractivity contribution in [1.29, 1.82) is 0 Å². The Kier molecular flexibility index (Phi) is 7.04. The van der Waals surface area contributed by atoms with Crippen LogP contribution in [0.1, 0.15) is 25.0 Å². The molecule has 1 aliphatic rings. The van der Waals surface area contributed by atoms with Crippen LogP contribution in [0.5, 0.6) is 0 Å². The quantitative estimate of drug-likeness (QED) is 0.164. The first kappa shape index (κ1) is 33.0. The van der Waals surface area contributed by atoms with E-state index in [1.165, 1.54) is 99.1 Å². The Morgan fingerprint density at radius 2 is 0.759 bits per heavy atom. The van der Waals surface area contributed by atoms with Gasteiger partial charge in [0.1, 0.15) is 11.2 Å². The van der Waals surface area contributed by atoms with E-state index in [9.17, 15) is 0 Å². The molecule has 1 nitrogen and oxygen atoms in total. The summed E-state index contributed by atoms with van der Waals surface area (Å²) in [6, 6.07) is 71.4. The molecule has 0 atom stereocenters. The third kappa shape index (κ3) is 4.90. The predicted octanol–water partition coefficient (Wildman–Crippen LogP) is 16.0. The number of hydrogen-bond donors (Lipinski definition) is 0. The molecule has 10 aromatic carbocycles. The standard InChI is InChI=1S/C57H38O/c1-57(2)51-27-24-40(31-47(51)48-30-38-14-6-7-15-39(38)34-52(48)57)41-25-28-53-49(32-41)50-33-42(26-29-54(50)58-53)56-45-18-10-8-16-43(45)55(44-17-9-11-19-46(44)56)37-22-20-36(21-23-37)35-12-4-3-5-13-35/h3-34H,1-2H3. The van der Waals surface area contributed by atoms with Crippen molar-refractivity contribution in [1.82, 2.24) is 0 Å². The van der Waals surface area contributed by atoms with Gasteiger partial charge in [-0.3, -0.25) is 0 Å². The minimum Gasteiger partial charge on any atom is -0.456 e. The average molecular weight is 739 g/mol. The molecule has 0 N–H and O–H groups in total. The van der Waals surface area contributed by atoms with Crippen LogP contribution in [0.15, 0.2) is 199 Å². The summed E-state index contributed by atoms with van der Waals surface area (Å²) >= 11 is 0. The number of rotatable bonds is 4. The molecule has 0 saturated carbocycles. The molecule has 0 unspecified atom stereocenters. The highest BCUT2D eigenvalue weighted by Crippen LogP contribution is 2.51. The minimum absolute atomic E-state index is 0.0616. The highest BCUT2D eigenvalue weighted by Gasteiger charge is 2.36. The largest absolute Gasteiger partial charge is 0.456 e. The Labute approximate surface area is 337 Å². The monoisotopic (exact) mass is 738 g/mol. The van der Waals surface area contributed by atoms with Gasteiger partial charge in [-0.05, 0) is 142 Å². The molecule has 0 saturated heterocycles. The number of hydrogen-bond acceptors (Lipinski definition) is 1. The van der Waals surface area contributed by atoms with E-state index in [4.69, 9.17) is 4.42 Å². The third-order valence-corrected chi connectivity index (χ3v) is 12.8. The van der Waals surface area contributed by atoms with Crippen LogP contribution < -0.4 is 0 Å². The first-order chi connectivity index (χ1) is 28.5. The summed E-state index contributed by atoms with van der Waals surface area (Å²) in [4.78, 5) is 0. The maximum absolute atomic E-state index is 6.52. The third-order valence-electron chi connectivity index (χ3n) is 12.8. The summed E-state index contributed by atoms with van der Waals surface area (Å²) in [7, 11) is 0. The number of benzene rings is 10. The molecule has 1 heteroatoms. The molecule has 1 aromatic heterocycles. The predicted molar refractivity (Wildman–Crippen MR) is 246 cm³/mol. The zero-order valence-electron chi connectivity index (χ0n) is 32.4. The molecule has 0 spiro atoms. The molecular weight excluding hydrogens is 701 g/mol. The van der Waals surface area contributed by atoms with E-state index in [2.05, 4.69) is 208 Å². The lowest BCUT2D eigenvalue weighted by molar-refractivity contribution is 0.661. The van der Waals surface area contributed by atoms with Gasteiger partial charge >= 0.3 is 0 Å². The molecule has 0 radical (unpaired) electrons. The van der Waals surface area contributed by atoms with Crippen LogP contribution in [0.4, 0.5) is 0 Å². The lowest BCUT2D eigenvalue weighted by atomic mass is 9.81. The summed E-state index contributed by atoms with van der Waals surface area (Å²) in [6.07, 6.45) is 0. The summed E-state index contributed by atoms with van der Waals surface area (Å²) in [5, 5.41) is 9.81. The fourth-order valence-electron chi connectivity index (χ4n) is 9.94. The second kappa shape index (κ2) is 12.4. The van der Waals surface area contributed by atoms with Gasteiger partial charge in [-0.25, -0.2) is 0 Å². The minimum atomic E-state index is -0.0616. The molecule has 0 fully saturated rings. The van der Waals surface area contributed by atoms with Crippen LogP contribution in [0.25, 0.3) is 110 Å². The maximum atomic E-state index is 6.52. The van der Waals surface area contributed by atoms with Crippen molar-refractivity contribution in [2.75, 3.05) is 0 Å². The summed E-state index contributed by atoms with van der Waals surface area (Å²) in [5.74, 6) is 0. The Morgan fingerprint density at radius 3 is 1.41 bits per heavy atom. The fourth-order valence-corrected chi connectivity index (χ4v) is 9.94. The smallest absolute Gasteiger partial charge is 0.135 e. The molecule has 0 aliphatic heterocycles. The van der Waals surface area contributed by atoms with Gasteiger partial charge in [0.15, 0.2) is 0 Å². The topological polar surface area (TPSA) is 13.1 Å². The van der Waals surface area contributed by atoms with Gasteiger partial charge in [-0.1, -0.05) is 166 Å². The zero-order chi connectivity index (χ0) is 38.5. The van der Waals surface area contributed by atoms with Crippen LogP contribution >= 0.6 is 0 Å².